The van der Waals surface area contributed by atoms with Gasteiger partial charge in [0, 0.05) is 24.3 Å². The minimum absolute atomic E-state index is 0.308. The number of hydrogen-bond acceptors (Lipinski definition) is 6. The van der Waals surface area contributed by atoms with Crippen molar-refractivity contribution in [1.82, 2.24) is 34.7 Å². The minimum atomic E-state index is -0.492. The lowest BCUT2D eigenvalue weighted by Crippen LogP contribution is -2.13. The number of aromatic nitrogens is 7. The maximum absolute atomic E-state index is 14.0. The molecule has 10 nitrogen and oxygen atoms in total. The summed E-state index contributed by atoms with van der Waals surface area (Å²) in [4.78, 5) is 17.1. The Bertz CT molecular complexity index is 1710. The monoisotopic (exact) mass is 467 g/mol. The Morgan fingerprint density at radius 2 is 1.94 bits per heavy atom. The number of carbonyl (C=O) groups is 1. The van der Waals surface area contributed by atoms with Crippen LogP contribution < -0.4 is 10.6 Å². The van der Waals surface area contributed by atoms with Crippen molar-refractivity contribution in [1.29, 1.82) is 0 Å². The van der Waals surface area contributed by atoms with Gasteiger partial charge in [-0.2, -0.15) is 14.6 Å². The number of amides is 1. The fourth-order valence-electron chi connectivity index (χ4n) is 3.86. The van der Waals surface area contributed by atoms with Gasteiger partial charge in [-0.1, -0.05) is 18.2 Å². The van der Waals surface area contributed by atoms with Crippen LogP contribution in [0.2, 0.25) is 0 Å². The second kappa shape index (κ2) is 8.06. The number of nitrogens with one attached hydrogen (secondary N) is 3. The van der Waals surface area contributed by atoms with Gasteiger partial charge in [-0.05, 0) is 42.5 Å². The van der Waals surface area contributed by atoms with E-state index in [9.17, 15) is 9.18 Å². The molecule has 0 radical (unpaired) electrons. The number of carbonyl (C=O) groups excluding carboxylic acids is 1. The van der Waals surface area contributed by atoms with Crippen molar-refractivity contribution in [3.05, 3.63) is 84.6 Å². The summed E-state index contributed by atoms with van der Waals surface area (Å²) in [6.07, 6.45) is 3.12. The van der Waals surface area contributed by atoms with Crippen LogP contribution in [0.1, 0.15) is 10.4 Å². The number of H-pyrrole nitrogens is 1. The van der Waals surface area contributed by atoms with Crippen molar-refractivity contribution in [2.45, 2.75) is 0 Å². The van der Waals surface area contributed by atoms with E-state index in [0.29, 0.717) is 39.6 Å². The maximum Gasteiger partial charge on any atom is 0.260 e. The number of aromatic amines is 1. The number of fused-ring (bicyclic) bond motifs is 2. The molecule has 4 heterocycles. The fraction of sp³-hybridized carbons (Fsp3) is 0.0417. The zero-order valence-corrected chi connectivity index (χ0v) is 18.4. The van der Waals surface area contributed by atoms with Crippen molar-refractivity contribution < 1.29 is 9.18 Å². The van der Waals surface area contributed by atoms with Crippen molar-refractivity contribution in [2.75, 3.05) is 10.6 Å². The van der Waals surface area contributed by atoms with Gasteiger partial charge in [-0.25, -0.2) is 9.67 Å². The molecule has 0 bridgehead atoms. The van der Waals surface area contributed by atoms with E-state index in [2.05, 4.69) is 30.9 Å². The quantitative estimate of drug-likeness (QED) is 0.350. The van der Waals surface area contributed by atoms with E-state index < -0.39 is 5.95 Å². The van der Waals surface area contributed by atoms with Crippen LogP contribution in [-0.2, 0) is 7.05 Å². The number of para-hydroxylation sites is 1. The molecular formula is C24H18FN9O. The van der Waals surface area contributed by atoms with Crippen molar-refractivity contribution in [3.8, 4) is 5.82 Å². The molecule has 0 unspecified atom stereocenters. The van der Waals surface area contributed by atoms with Crippen LogP contribution in [0.4, 0.5) is 21.7 Å². The van der Waals surface area contributed by atoms with Gasteiger partial charge < -0.3 is 10.6 Å². The van der Waals surface area contributed by atoms with E-state index in [0.717, 1.165) is 10.9 Å². The fourth-order valence-corrected chi connectivity index (χ4v) is 3.86. The molecule has 11 heteroatoms. The molecule has 0 fully saturated rings. The standard InChI is InChI=1S/C24H18FN9O/c1-33-13-14(12-26-33)24(35)29-20-7-4-8-21(28-20)34-19-6-3-2-5-16(19)23(32-34)27-15-9-10-18-17(11-15)22(25)31-30-18/h2-13H,1H3,(H,27,32)(H,30,31)(H,28,29,35). The van der Waals surface area contributed by atoms with Crippen LogP contribution in [0.25, 0.3) is 27.6 Å². The van der Waals surface area contributed by atoms with Crippen molar-refractivity contribution in [3.63, 3.8) is 0 Å². The third-order valence-corrected chi connectivity index (χ3v) is 5.52. The van der Waals surface area contributed by atoms with Crippen LogP contribution in [0, 0.1) is 5.95 Å². The molecule has 0 atom stereocenters. The van der Waals surface area contributed by atoms with Gasteiger partial charge >= 0.3 is 0 Å². The van der Waals surface area contributed by atoms with Crippen LogP contribution in [-0.4, -0.2) is 40.6 Å². The number of halogens is 1. The number of nitrogens with zero attached hydrogens (tertiary/aromatic N) is 6. The summed E-state index contributed by atoms with van der Waals surface area (Å²) >= 11 is 0. The number of anilines is 3. The van der Waals surface area contributed by atoms with E-state index in [1.54, 1.807) is 52.9 Å². The summed E-state index contributed by atoms with van der Waals surface area (Å²) in [5.74, 6) is 0.682. The molecule has 0 aliphatic heterocycles. The number of rotatable bonds is 5. The van der Waals surface area contributed by atoms with E-state index in [-0.39, 0.29) is 5.91 Å². The second-order valence-corrected chi connectivity index (χ2v) is 7.91. The SMILES string of the molecule is Cn1cc(C(=O)Nc2cccc(-n3nc(Nc4ccc5n[nH]c(F)c5c4)c4ccccc43)n2)cn1. The molecule has 0 aliphatic rings. The number of benzene rings is 2. The molecule has 1 amide bonds. The Kier molecular flexibility index (Phi) is 4.73. The van der Waals surface area contributed by atoms with E-state index >= 15 is 0 Å². The van der Waals surface area contributed by atoms with Gasteiger partial charge in [0.2, 0.25) is 5.95 Å². The van der Waals surface area contributed by atoms with Crippen molar-refractivity contribution in [2.24, 2.45) is 7.05 Å². The molecule has 172 valence electrons. The van der Waals surface area contributed by atoms with E-state index in [4.69, 9.17) is 5.10 Å². The molecule has 4 aromatic heterocycles. The number of hydrogen-bond donors (Lipinski definition) is 3. The highest BCUT2D eigenvalue weighted by molar-refractivity contribution is 6.03. The highest BCUT2D eigenvalue weighted by Gasteiger charge is 2.15. The first kappa shape index (κ1) is 20.5. The molecule has 0 spiro atoms. The highest BCUT2D eigenvalue weighted by atomic mass is 19.1. The normalized spacial score (nSPS) is 11.3. The number of aryl methyl sites for hydroxylation is 1. The summed E-state index contributed by atoms with van der Waals surface area (Å²) < 4.78 is 17.2. The Hall–Kier alpha value is -5.06. The predicted octanol–water partition coefficient (Wildman–Crippen LogP) is 4.17. The Morgan fingerprint density at radius 3 is 2.80 bits per heavy atom. The molecule has 0 saturated heterocycles. The minimum Gasteiger partial charge on any atom is -0.338 e. The average molecular weight is 467 g/mol. The van der Waals surface area contributed by atoms with E-state index in [1.807, 2.05) is 30.3 Å². The van der Waals surface area contributed by atoms with E-state index in [1.165, 1.54) is 6.20 Å². The summed E-state index contributed by atoms with van der Waals surface area (Å²) in [6.45, 7) is 0. The Labute approximate surface area is 197 Å². The molecule has 35 heavy (non-hydrogen) atoms. The Morgan fingerprint density at radius 1 is 1.06 bits per heavy atom. The first-order chi connectivity index (χ1) is 17.0. The lowest BCUT2D eigenvalue weighted by Gasteiger charge is -2.07. The maximum atomic E-state index is 14.0. The molecule has 0 aliphatic carbocycles. The molecule has 6 aromatic rings. The molecule has 6 rings (SSSR count). The molecular weight excluding hydrogens is 449 g/mol. The van der Waals surface area contributed by atoms with Gasteiger partial charge in [0.05, 0.1) is 28.2 Å². The smallest absolute Gasteiger partial charge is 0.260 e. The molecule has 3 N–H and O–H groups in total. The summed E-state index contributed by atoms with van der Waals surface area (Å²) in [7, 11) is 1.74. The van der Waals surface area contributed by atoms with Crippen LogP contribution in [0.5, 0.6) is 0 Å². The van der Waals surface area contributed by atoms with Gasteiger partial charge in [-0.15, -0.1) is 5.10 Å². The summed E-state index contributed by atoms with van der Waals surface area (Å²) in [5, 5.41) is 22.3. The highest BCUT2D eigenvalue weighted by Crippen LogP contribution is 2.29. The Balaban J connectivity index is 1.35. The van der Waals surface area contributed by atoms with Crippen LogP contribution >= 0.6 is 0 Å². The first-order valence-corrected chi connectivity index (χ1v) is 10.7. The zero-order chi connectivity index (χ0) is 23.9. The first-order valence-electron chi connectivity index (χ1n) is 10.7. The van der Waals surface area contributed by atoms with Crippen LogP contribution in [0.3, 0.4) is 0 Å². The zero-order valence-electron chi connectivity index (χ0n) is 18.4. The number of pyridine rings is 1. The third-order valence-electron chi connectivity index (χ3n) is 5.52. The van der Waals surface area contributed by atoms with Gasteiger partial charge in [0.1, 0.15) is 5.82 Å². The second-order valence-electron chi connectivity index (χ2n) is 7.91. The topological polar surface area (TPSA) is 118 Å². The summed E-state index contributed by atoms with van der Waals surface area (Å²) in [6, 6.07) is 18.2. The summed E-state index contributed by atoms with van der Waals surface area (Å²) in [5.41, 5.74) is 2.45. The van der Waals surface area contributed by atoms with Crippen molar-refractivity contribution >= 4 is 45.0 Å². The lowest BCUT2D eigenvalue weighted by molar-refractivity contribution is 0.102. The van der Waals surface area contributed by atoms with Gasteiger partial charge in [-0.3, -0.25) is 14.6 Å². The lowest BCUT2D eigenvalue weighted by atomic mass is 10.2. The largest absolute Gasteiger partial charge is 0.338 e. The average Bonchev–Trinajstić information content (AvgIpc) is 3.57. The predicted molar refractivity (Wildman–Crippen MR) is 129 cm³/mol. The van der Waals surface area contributed by atoms with Gasteiger partial charge in [0.15, 0.2) is 11.6 Å². The third kappa shape index (κ3) is 3.74. The molecule has 0 saturated carbocycles. The van der Waals surface area contributed by atoms with Gasteiger partial charge in [0.25, 0.3) is 5.91 Å². The van der Waals surface area contributed by atoms with Crippen LogP contribution in [0.15, 0.2) is 73.1 Å². The molecule has 2 aromatic carbocycles.